The van der Waals surface area contributed by atoms with Gasteiger partial charge in [-0.1, -0.05) is 44.8 Å². The molecule has 2 atom stereocenters. The number of nitrogens with zero attached hydrogens (tertiary/aromatic N) is 1. The van der Waals surface area contributed by atoms with Crippen molar-refractivity contribution in [3.8, 4) is 0 Å². The Morgan fingerprint density at radius 1 is 1.33 bits per heavy atom. The molecule has 4 fully saturated rings. The normalized spacial score (nSPS) is 33.4. The van der Waals surface area contributed by atoms with Crippen LogP contribution >= 0.6 is 0 Å². The SMILES string of the molecule is C=C1/C(=N/OC(=O)NC2CCCCC2)CC2CC1C2(C)C. The van der Waals surface area contributed by atoms with Crippen LogP contribution in [0, 0.1) is 17.3 Å². The van der Waals surface area contributed by atoms with Crippen LogP contribution in [0.2, 0.25) is 0 Å². The van der Waals surface area contributed by atoms with E-state index in [9.17, 15) is 4.79 Å². The van der Waals surface area contributed by atoms with Crippen molar-refractivity contribution in [3.05, 3.63) is 12.2 Å². The fourth-order valence-electron chi connectivity index (χ4n) is 4.15. The molecule has 2 unspecified atom stereocenters. The summed E-state index contributed by atoms with van der Waals surface area (Å²) in [5, 5.41) is 7.00. The molecule has 4 heteroatoms. The zero-order chi connectivity index (χ0) is 15.0. The smallest absolute Gasteiger partial charge is 0.317 e. The second-order valence-corrected chi connectivity index (χ2v) is 7.43. The topological polar surface area (TPSA) is 50.7 Å². The second kappa shape index (κ2) is 5.47. The van der Waals surface area contributed by atoms with Crippen LogP contribution in [0.5, 0.6) is 0 Å². The largest absolute Gasteiger partial charge is 0.433 e. The highest BCUT2D eigenvalue weighted by molar-refractivity contribution is 6.02. The van der Waals surface area contributed by atoms with Gasteiger partial charge in [0.15, 0.2) is 0 Å². The lowest BCUT2D eigenvalue weighted by Crippen LogP contribution is -2.52. The molecule has 0 spiro atoms. The molecule has 4 saturated carbocycles. The van der Waals surface area contributed by atoms with Crippen molar-refractivity contribution in [2.24, 2.45) is 22.4 Å². The predicted molar refractivity (Wildman–Crippen MR) is 83.1 cm³/mol. The molecule has 0 heterocycles. The molecule has 4 aliphatic rings. The van der Waals surface area contributed by atoms with Gasteiger partial charge in [0.1, 0.15) is 0 Å². The second-order valence-electron chi connectivity index (χ2n) is 7.43. The van der Waals surface area contributed by atoms with Gasteiger partial charge in [-0.3, -0.25) is 4.84 Å². The molecular weight excluding hydrogens is 264 g/mol. The minimum atomic E-state index is -0.416. The number of carbonyl (C=O) groups is 1. The van der Waals surface area contributed by atoms with Gasteiger partial charge in [-0.25, -0.2) is 4.79 Å². The number of hydrogen-bond acceptors (Lipinski definition) is 3. The molecule has 4 nitrogen and oxygen atoms in total. The van der Waals surface area contributed by atoms with Crippen molar-refractivity contribution in [3.63, 3.8) is 0 Å². The summed E-state index contributed by atoms with van der Waals surface area (Å²) in [5.41, 5.74) is 2.28. The Morgan fingerprint density at radius 3 is 2.67 bits per heavy atom. The zero-order valence-corrected chi connectivity index (χ0v) is 13.2. The lowest BCUT2D eigenvalue weighted by molar-refractivity contribution is 0.000478. The monoisotopic (exact) mass is 290 g/mol. The highest BCUT2D eigenvalue weighted by Crippen LogP contribution is 2.59. The van der Waals surface area contributed by atoms with Crippen molar-refractivity contribution in [2.75, 3.05) is 0 Å². The highest BCUT2D eigenvalue weighted by atomic mass is 16.7. The van der Waals surface area contributed by atoms with Gasteiger partial charge in [0, 0.05) is 6.04 Å². The Kier molecular flexibility index (Phi) is 3.80. The number of fused-ring (bicyclic) bond motifs is 2. The Labute approximate surface area is 127 Å². The number of hydrogen-bond donors (Lipinski definition) is 1. The van der Waals surface area contributed by atoms with Crippen LogP contribution in [0.3, 0.4) is 0 Å². The maximum Gasteiger partial charge on any atom is 0.433 e. The van der Waals surface area contributed by atoms with Crippen molar-refractivity contribution < 1.29 is 9.63 Å². The fourth-order valence-corrected chi connectivity index (χ4v) is 4.15. The van der Waals surface area contributed by atoms with Crippen molar-refractivity contribution in [2.45, 2.75) is 64.8 Å². The molecule has 116 valence electrons. The number of carbonyl (C=O) groups excluding carboxylic acids is 1. The molecule has 4 rings (SSSR count). The van der Waals surface area contributed by atoms with E-state index in [0.717, 1.165) is 30.5 Å². The van der Waals surface area contributed by atoms with Gasteiger partial charge in [-0.15, -0.1) is 0 Å². The molecule has 0 saturated heterocycles. The number of allylic oxidation sites excluding steroid dienone is 1. The van der Waals surface area contributed by atoms with E-state index >= 15 is 0 Å². The minimum Gasteiger partial charge on any atom is -0.317 e. The van der Waals surface area contributed by atoms with Gasteiger partial charge >= 0.3 is 6.09 Å². The zero-order valence-electron chi connectivity index (χ0n) is 13.2. The molecule has 21 heavy (non-hydrogen) atoms. The third kappa shape index (κ3) is 2.72. The molecule has 4 aliphatic carbocycles. The van der Waals surface area contributed by atoms with Crippen molar-refractivity contribution in [1.82, 2.24) is 5.32 Å². The van der Waals surface area contributed by atoms with Gasteiger partial charge in [0.2, 0.25) is 0 Å². The highest BCUT2D eigenvalue weighted by Gasteiger charge is 2.54. The number of amides is 1. The van der Waals surface area contributed by atoms with E-state index < -0.39 is 6.09 Å². The summed E-state index contributed by atoms with van der Waals surface area (Å²) in [6.07, 6.45) is 7.43. The van der Waals surface area contributed by atoms with Crippen LogP contribution in [0.1, 0.15) is 58.8 Å². The fraction of sp³-hybridized carbons (Fsp3) is 0.765. The Bertz CT molecular complexity index is 475. The first-order valence-electron chi connectivity index (χ1n) is 8.22. The maximum absolute atomic E-state index is 11.8. The Balaban J connectivity index is 1.52. The van der Waals surface area contributed by atoms with Crippen LogP contribution in [-0.4, -0.2) is 17.8 Å². The summed E-state index contributed by atoms with van der Waals surface area (Å²) in [7, 11) is 0. The average Bonchev–Trinajstić information content (AvgIpc) is 2.46. The lowest BCUT2D eigenvalue weighted by atomic mass is 9.47. The first kappa shape index (κ1) is 14.6. The molecule has 0 radical (unpaired) electrons. The van der Waals surface area contributed by atoms with Crippen LogP contribution in [0.4, 0.5) is 4.79 Å². The van der Waals surface area contributed by atoms with Crippen molar-refractivity contribution >= 4 is 11.8 Å². The number of oxime groups is 1. The molecule has 0 aliphatic heterocycles. The summed E-state index contributed by atoms with van der Waals surface area (Å²) in [4.78, 5) is 16.9. The molecule has 0 aromatic heterocycles. The van der Waals surface area contributed by atoms with E-state index in [2.05, 4.69) is 30.9 Å². The summed E-state index contributed by atoms with van der Waals surface area (Å²) in [5.74, 6) is 1.15. The molecule has 1 N–H and O–H groups in total. The third-order valence-corrected chi connectivity index (χ3v) is 5.87. The van der Waals surface area contributed by atoms with Gasteiger partial charge in [0.05, 0.1) is 5.71 Å². The van der Waals surface area contributed by atoms with E-state index in [1.54, 1.807) is 0 Å². The molecule has 2 bridgehead atoms. The molecule has 1 amide bonds. The van der Waals surface area contributed by atoms with E-state index in [-0.39, 0.29) is 6.04 Å². The summed E-state index contributed by atoms with van der Waals surface area (Å²) < 4.78 is 0. The predicted octanol–water partition coefficient (Wildman–Crippen LogP) is 4.02. The number of nitrogens with one attached hydrogen (secondary N) is 1. The summed E-state index contributed by atoms with van der Waals surface area (Å²) >= 11 is 0. The van der Waals surface area contributed by atoms with Gasteiger partial charge < -0.3 is 5.32 Å². The quantitative estimate of drug-likeness (QED) is 0.616. The molecule has 0 aromatic rings. The number of rotatable bonds is 2. The van der Waals surface area contributed by atoms with E-state index in [1.807, 2.05) is 0 Å². The Hall–Kier alpha value is -1.32. The average molecular weight is 290 g/mol. The van der Waals surface area contributed by atoms with Gasteiger partial charge in [-0.05, 0) is 48.5 Å². The summed E-state index contributed by atoms with van der Waals surface area (Å²) in [6, 6.07) is 0.258. The van der Waals surface area contributed by atoms with Crippen molar-refractivity contribution in [1.29, 1.82) is 0 Å². The third-order valence-electron chi connectivity index (χ3n) is 5.87. The molecular formula is C17H26N2O2. The van der Waals surface area contributed by atoms with Gasteiger partial charge in [-0.2, -0.15) is 0 Å². The first-order chi connectivity index (χ1) is 9.98. The van der Waals surface area contributed by atoms with Crippen LogP contribution in [0.15, 0.2) is 17.3 Å². The Morgan fingerprint density at radius 2 is 2.05 bits per heavy atom. The maximum atomic E-state index is 11.8. The molecule has 0 aromatic carbocycles. The minimum absolute atomic E-state index is 0.258. The van der Waals surface area contributed by atoms with Crippen LogP contribution in [0.25, 0.3) is 0 Å². The first-order valence-corrected chi connectivity index (χ1v) is 8.22. The lowest BCUT2D eigenvalue weighted by Gasteiger charge is -2.57. The van der Waals surface area contributed by atoms with E-state index in [1.165, 1.54) is 25.7 Å². The standard InChI is InChI=1S/C17H26N2O2/c1-11-14-9-12(17(14,2)3)10-15(11)19-21-16(20)18-13-7-5-4-6-8-13/h12-14H,1,4-10H2,2-3H3,(H,18,20)/b19-15+. The van der Waals surface area contributed by atoms with E-state index in [0.29, 0.717) is 17.3 Å². The van der Waals surface area contributed by atoms with Crippen LogP contribution in [-0.2, 0) is 4.84 Å². The van der Waals surface area contributed by atoms with Crippen LogP contribution < -0.4 is 5.32 Å². The van der Waals surface area contributed by atoms with E-state index in [4.69, 9.17) is 4.84 Å². The van der Waals surface area contributed by atoms with Gasteiger partial charge in [0.25, 0.3) is 0 Å². The summed E-state index contributed by atoms with van der Waals surface area (Å²) in [6.45, 7) is 8.75.